The molecule has 0 saturated carbocycles. The number of allylic oxidation sites excluding steroid dienone is 14. The molecule has 0 aromatic heterocycles. The van der Waals surface area contributed by atoms with E-state index in [1.807, 2.05) is 140 Å². The van der Waals surface area contributed by atoms with Gasteiger partial charge in [0.05, 0.1) is 15.8 Å². The summed E-state index contributed by atoms with van der Waals surface area (Å²) in [5.74, 6) is 0.321. The molecule has 2 aromatic rings. The van der Waals surface area contributed by atoms with E-state index in [1.54, 1.807) is 18.2 Å². The first-order chi connectivity index (χ1) is 26.3. The second-order valence-corrected chi connectivity index (χ2v) is 14.3. The van der Waals surface area contributed by atoms with Crippen LogP contribution < -0.4 is 4.90 Å². The number of nitrogens with zero attached hydrogens (tertiary/aromatic N) is 2. The van der Waals surface area contributed by atoms with Gasteiger partial charge in [-0.1, -0.05) is 133 Å². The van der Waals surface area contributed by atoms with Crippen molar-refractivity contribution in [2.45, 2.75) is 85.6 Å². The Labute approximate surface area is 331 Å². The van der Waals surface area contributed by atoms with Crippen molar-refractivity contribution in [2.75, 3.05) is 17.2 Å². The maximum absolute atomic E-state index is 14.4. The molecule has 0 spiro atoms. The third-order valence-electron chi connectivity index (χ3n) is 9.13. The highest BCUT2D eigenvalue weighted by atomic mass is 32.2. The first-order valence-corrected chi connectivity index (χ1v) is 21.4. The summed E-state index contributed by atoms with van der Waals surface area (Å²) in [6, 6.07) is 13.6. The molecule has 6 rings (SSSR count). The van der Waals surface area contributed by atoms with Crippen LogP contribution in [-0.4, -0.2) is 37.4 Å². The standard InChI is InChI=1S/C41H40N2O3S2.3C2H6/c1-4-5-7-16-32-22-21-31-15-9-10-20-38(31)43(32)34-23-24-39-37(27-34)41(44)36-18-12-17-33(28-40(36)48(39,45)46)42-25-11-6-8-14-29(2)35(30(42)3)19-13-26-47;3*1-2/h4-17,19-20,23-24,27-28,32,47H,2,18,21-22,25-26H2,1,3H3;3*1-2H3/b5-4-,11-6-,14-8-,16-7-,19-13-,35-30-;;;. The highest BCUT2D eigenvalue weighted by molar-refractivity contribution is 7.95. The number of fused-ring (bicyclic) bond motifs is 2. The topological polar surface area (TPSA) is 57.7 Å². The predicted molar refractivity (Wildman–Crippen MR) is 235 cm³/mol. The lowest BCUT2D eigenvalue weighted by molar-refractivity contribution is 0.102. The molecule has 1 unspecified atom stereocenters. The Morgan fingerprint density at radius 2 is 1.70 bits per heavy atom. The number of carbonyl (C=O) groups is 1. The summed E-state index contributed by atoms with van der Waals surface area (Å²) in [6.45, 7) is 20.8. The number of anilines is 2. The van der Waals surface area contributed by atoms with Gasteiger partial charge in [-0.05, 0) is 86.2 Å². The molecule has 4 aliphatic rings. The molecule has 1 atom stereocenters. The van der Waals surface area contributed by atoms with Crippen molar-refractivity contribution >= 4 is 39.6 Å². The Morgan fingerprint density at radius 1 is 0.963 bits per heavy atom. The van der Waals surface area contributed by atoms with Crippen molar-refractivity contribution in [1.82, 2.24) is 4.90 Å². The fourth-order valence-electron chi connectivity index (χ4n) is 6.74. The lowest BCUT2D eigenvalue weighted by Gasteiger charge is -2.38. The van der Waals surface area contributed by atoms with Crippen molar-refractivity contribution in [3.05, 3.63) is 172 Å². The second kappa shape index (κ2) is 21.3. The summed E-state index contributed by atoms with van der Waals surface area (Å²) in [7, 11) is -4.00. The van der Waals surface area contributed by atoms with Gasteiger partial charge < -0.3 is 9.80 Å². The summed E-state index contributed by atoms with van der Waals surface area (Å²) in [5.41, 5.74) is 6.96. The minimum Gasteiger partial charge on any atom is -0.341 e. The molecule has 0 radical (unpaired) electrons. The highest BCUT2D eigenvalue weighted by Crippen LogP contribution is 2.43. The fraction of sp³-hybridized carbons (Fsp3) is 0.298. The Hall–Kier alpha value is -4.59. The second-order valence-electron chi connectivity index (χ2n) is 12.1. The van der Waals surface area contributed by atoms with E-state index in [2.05, 4.69) is 47.2 Å². The molecule has 1 aliphatic carbocycles. The van der Waals surface area contributed by atoms with Crippen LogP contribution >= 0.6 is 12.6 Å². The van der Waals surface area contributed by atoms with Gasteiger partial charge in [0.25, 0.3) is 0 Å². The number of Topliss-reactive ketones (excluding diaryl/α,β-unsaturated/α-hetero) is 1. The lowest BCUT2D eigenvalue weighted by atomic mass is 9.93. The highest BCUT2D eigenvalue weighted by Gasteiger charge is 2.38. The van der Waals surface area contributed by atoms with E-state index in [0.717, 1.165) is 41.1 Å². The zero-order valence-corrected chi connectivity index (χ0v) is 35.1. The van der Waals surface area contributed by atoms with Crippen LogP contribution in [0.5, 0.6) is 0 Å². The van der Waals surface area contributed by atoms with E-state index in [4.69, 9.17) is 0 Å². The largest absolute Gasteiger partial charge is 0.341 e. The molecule has 3 heterocycles. The minimum absolute atomic E-state index is 0.0467. The van der Waals surface area contributed by atoms with Crippen molar-refractivity contribution < 1.29 is 13.2 Å². The molecule has 0 bridgehead atoms. The quantitative estimate of drug-likeness (QED) is 0.235. The Kier molecular flexibility index (Phi) is 17.3. The molecule has 3 aliphatic heterocycles. The fourth-order valence-corrected chi connectivity index (χ4v) is 8.55. The molecule has 0 saturated heterocycles. The summed E-state index contributed by atoms with van der Waals surface area (Å²) < 4.78 is 28.8. The smallest absolute Gasteiger partial charge is 0.207 e. The third kappa shape index (κ3) is 9.55. The first-order valence-electron chi connectivity index (χ1n) is 19.3. The Balaban J connectivity index is 0.00000124. The SMILES string of the molecule is C=C1/C=C\C=C/CN(C2=CC3=C(CC=C2)C(=O)c2cc(N4c5ccccc5CCC4/C=C\C=C/C)ccc2S3(=O)=O)/C(C)=C1/C=C\CS.CC.CC.CC. The number of hydrogen-bond acceptors (Lipinski definition) is 6. The molecule has 0 amide bonds. The van der Waals surface area contributed by atoms with Crippen LogP contribution in [0.3, 0.4) is 0 Å². The van der Waals surface area contributed by atoms with E-state index < -0.39 is 9.84 Å². The van der Waals surface area contributed by atoms with E-state index in [9.17, 15) is 13.2 Å². The predicted octanol–water partition coefficient (Wildman–Crippen LogP) is 12.2. The molecule has 0 fully saturated rings. The summed E-state index contributed by atoms with van der Waals surface area (Å²) in [4.78, 5) is 18.7. The molecular formula is C47H58N2O3S2. The van der Waals surface area contributed by atoms with Gasteiger partial charge >= 0.3 is 0 Å². The maximum atomic E-state index is 14.4. The Morgan fingerprint density at radius 3 is 2.43 bits per heavy atom. The number of hydrogen-bond donors (Lipinski definition) is 1. The molecule has 286 valence electrons. The minimum atomic E-state index is -4.00. The van der Waals surface area contributed by atoms with Gasteiger partial charge in [-0.25, -0.2) is 8.42 Å². The van der Waals surface area contributed by atoms with Gasteiger partial charge in [-0.15, -0.1) is 0 Å². The zero-order valence-electron chi connectivity index (χ0n) is 33.3. The molecule has 2 aromatic carbocycles. The van der Waals surface area contributed by atoms with E-state index in [0.29, 0.717) is 18.0 Å². The molecule has 7 heteroatoms. The maximum Gasteiger partial charge on any atom is 0.207 e. The van der Waals surface area contributed by atoms with Crippen LogP contribution in [0, 0.1) is 0 Å². The summed E-state index contributed by atoms with van der Waals surface area (Å²) >= 11 is 4.34. The lowest BCUT2D eigenvalue weighted by Crippen LogP contribution is -2.34. The number of ketones is 1. The number of aryl methyl sites for hydroxylation is 1. The van der Waals surface area contributed by atoms with Crippen molar-refractivity contribution in [2.24, 2.45) is 0 Å². The average molecular weight is 763 g/mol. The number of carbonyl (C=O) groups excluding carboxylic acids is 1. The van der Waals surface area contributed by atoms with Crippen LogP contribution in [0.4, 0.5) is 11.4 Å². The number of sulfone groups is 1. The van der Waals surface area contributed by atoms with Gasteiger partial charge in [0, 0.05) is 46.2 Å². The van der Waals surface area contributed by atoms with Crippen LogP contribution in [0.1, 0.15) is 84.2 Å². The van der Waals surface area contributed by atoms with Crippen LogP contribution in [-0.2, 0) is 16.3 Å². The first kappa shape index (κ1) is 43.8. The molecule has 0 N–H and O–H groups in total. The van der Waals surface area contributed by atoms with Crippen molar-refractivity contribution in [3.63, 3.8) is 0 Å². The number of para-hydroxylation sites is 1. The number of rotatable bonds is 6. The summed E-state index contributed by atoms with van der Waals surface area (Å²) in [5, 5.41) is 0. The summed E-state index contributed by atoms with van der Waals surface area (Å²) in [6.07, 6.45) is 27.6. The van der Waals surface area contributed by atoms with Gasteiger partial charge in [0.1, 0.15) is 0 Å². The monoisotopic (exact) mass is 762 g/mol. The van der Waals surface area contributed by atoms with E-state index in [-0.39, 0.29) is 39.2 Å². The van der Waals surface area contributed by atoms with E-state index >= 15 is 0 Å². The normalized spacial score (nSPS) is 21.5. The molecule has 54 heavy (non-hydrogen) atoms. The average Bonchev–Trinajstić information content (AvgIpc) is 3.41. The third-order valence-corrected chi connectivity index (χ3v) is 11.2. The van der Waals surface area contributed by atoms with Gasteiger partial charge in [-0.2, -0.15) is 12.6 Å². The number of thiol groups is 1. The van der Waals surface area contributed by atoms with Crippen LogP contribution in [0.2, 0.25) is 0 Å². The zero-order chi connectivity index (χ0) is 39.8. The van der Waals surface area contributed by atoms with Crippen molar-refractivity contribution in [3.8, 4) is 0 Å². The van der Waals surface area contributed by atoms with E-state index in [1.165, 1.54) is 5.56 Å². The van der Waals surface area contributed by atoms with Crippen molar-refractivity contribution in [1.29, 1.82) is 0 Å². The number of benzene rings is 2. The molecule has 5 nitrogen and oxygen atoms in total. The molecular weight excluding hydrogens is 705 g/mol. The van der Waals surface area contributed by atoms with Gasteiger partial charge in [-0.3, -0.25) is 4.79 Å². The Bertz CT molecular complexity index is 2050. The van der Waals surface area contributed by atoms with Crippen LogP contribution in [0.15, 0.2) is 166 Å². The van der Waals surface area contributed by atoms with Gasteiger partial charge in [0.15, 0.2) is 5.78 Å². The van der Waals surface area contributed by atoms with Crippen LogP contribution in [0.25, 0.3) is 0 Å². The van der Waals surface area contributed by atoms with Gasteiger partial charge in [0.2, 0.25) is 9.84 Å².